The van der Waals surface area contributed by atoms with Gasteiger partial charge in [0, 0.05) is 13.8 Å². The second kappa shape index (κ2) is 5.28. The summed E-state index contributed by atoms with van der Waals surface area (Å²) >= 11 is 0. The smallest absolute Gasteiger partial charge is 0.309 e. The van der Waals surface area contributed by atoms with Gasteiger partial charge in [0.1, 0.15) is 18.0 Å². The van der Waals surface area contributed by atoms with E-state index in [2.05, 4.69) is 0 Å². The fourth-order valence-corrected chi connectivity index (χ4v) is 1.71. The number of hydrogen-bond donors (Lipinski definition) is 1. The van der Waals surface area contributed by atoms with Crippen LogP contribution in [0.15, 0.2) is 11.8 Å². The summed E-state index contributed by atoms with van der Waals surface area (Å²) in [7, 11) is 0. The fourth-order valence-electron chi connectivity index (χ4n) is 1.71. The van der Waals surface area contributed by atoms with Gasteiger partial charge in [-0.15, -0.1) is 0 Å². The van der Waals surface area contributed by atoms with Gasteiger partial charge in [-0.25, -0.2) is 0 Å². The summed E-state index contributed by atoms with van der Waals surface area (Å²) in [6.07, 6.45) is 1.27. The molecule has 0 bridgehead atoms. The molecule has 5 heteroatoms. The summed E-state index contributed by atoms with van der Waals surface area (Å²) in [5.41, 5.74) is -0.513. The summed E-state index contributed by atoms with van der Waals surface area (Å²) in [6, 6.07) is 0. The first-order valence-corrected chi connectivity index (χ1v) is 6.01. The molecule has 1 unspecified atom stereocenters. The van der Waals surface area contributed by atoms with Crippen molar-refractivity contribution in [3.05, 3.63) is 11.8 Å². The van der Waals surface area contributed by atoms with Gasteiger partial charge in [0.05, 0.1) is 12.5 Å². The molecule has 1 heterocycles. The molecule has 1 N–H and O–H groups in total. The van der Waals surface area contributed by atoms with Crippen molar-refractivity contribution in [1.29, 1.82) is 0 Å². The Morgan fingerprint density at radius 2 is 2.11 bits per heavy atom. The number of ether oxygens (including phenoxy) is 3. The first kappa shape index (κ1) is 15.0. The monoisotopic (exact) mass is 258 g/mol. The maximum absolute atomic E-state index is 11.7. The van der Waals surface area contributed by atoms with Crippen molar-refractivity contribution in [2.45, 2.75) is 58.5 Å². The highest BCUT2D eigenvalue weighted by Crippen LogP contribution is 2.26. The molecule has 0 aliphatic carbocycles. The zero-order valence-corrected chi connectivity index (χ0v) is 11.6. The van der Waals surface area contributed by atoms with Crippen molar-refractivity contribution >= 4 is 5.97 Å². The van der Waals surface area contributed by atoms with Gasteiger partial charge in [0.2, 0.25) is 5.79 Å². The molecule has 0 saturated carbocycles. The number of carbonyl (C=O) groups is 1. The normalized spacial score (nSPS) is 23.0. The molecular formula is C13H22O5. The highest BCUT2D eigenvalue weighted by Gasteiger charge is 2.32. The maximum atomic E-state index is 11.7. The lowest BCUT2D eigenvalue weighted by Gasteiger charge is -2.35. The van der Waals surface area contributed by atoms with E-state index in [1.54, 1.807) is 19.9 Å². The zero-order valence-electron chi connectivity index (χ0n) is 11.6. The molecule has 0 fully saturated rings. The van der Waals surface area contributed by atoms with E-state index in [9.17, 15) is 4.79 Å². The van der Waals surface area contributed by atoms with Gasteiger partial charge in [-0.2, -0.15) is 0 Å². The van der Waals surface area contributed by atoms with Crippen LogP contribution in [0.1, 0.15) is 41.0 Å². The van der Waals surface area contributed by atoms with Crippen molar-refractivity contribution in [2.75, 3.05) is 6.61 Å². The third-order valence-electron chi connectivity index (χ3n) is 2.13. The van der Waals surface area contributed by atoms with Gasteiger partial charge in [-0.05, 0) is 26.8 Å². The Morgan fingerprint density at radius 3 is 2.61 bits per heavy atom. The second-order valence-corrected chi connectivity index (χ2v) is 5.74. The molecule has 0 aromatic carbocycles. The topological polar surface area (TPSA) is 65.0 Å². The molecule has 1 rings (SSSR count). The van der Waals surface area contributed by atoms with Crippen LogP contribution in [0.5, 0.6) is 0 Å². The van der Waals surface area contributed by atoms with E-state index in [1.807, 2.05) is 20.8 Å². The molecule has 1 aliphatic heterocycles. The quantitative estimate of drug-likeness (QED) is 0.781. The number of rotatable bonds is 3. The van der Waals surface area contributed by atoms with E-state index in [0.29, 0.717) is 5.76 Å². The molecule has 5 nitrogen and oxygen atoms in total. The minimum atomic E-state index is -0.848. The molecular weight excluding hydrogens is 236 g/mol. The summed E-state index contributed by atoms with van der Waals surface area (Å²) in [5.74, 6) is -0.766. The standard InChI is InChI=1S/C13H22O5/c1-12(2,3)18-11(15)7-9-6-10(8-14)17-13(4,5)16-9/h6,9,14H,7-8H2,1-5H3. The summed E-state index contributed by atoms with van der Waals surface area (Å²) in [5, 5.41) is 9.10. The Hall–Kier alpha value is -1.07. The zero-order chi connectivity index (χ0) is 14.0. The predicted octanol–water partition coefficient (Wildman–Crippen LogP) is 1.75. The van der Waals surface area contributed by atoms with Crippen LogP contribution in [0.2, 0.25) is 0 Å². The third-order valence-corrected chi connectivity index (χ3v) is 2.13. The summed E-state index contributed by atoms with van der Waals surface area (Å²) in [4.78, 5) is 11.7. The van der Waals surface area contributed by atoms with Gasteiger partial charge in [0.15, 0.2) is 0 Å². The molecule has 18 heavy (non-hydrogen) atoms. The molecule has 0 aromatic heterocycles. The van der Waals surface area contributed by atoms with Crippen LogP contribution in [0.4, 0.5) is 0 Å². The highest BCUT2D eigenvalue weighted by molar-refractivity contribution is 5.70. The predicted molar refractivity (Wildman–Crippen MR) is 65.7 cm³/mol. The van der Waals surface area contributed by atoms with E-state index in [4.69, 9.17) is 19.3 Å². The molecule has 1 aliphatic rings. The number of aliphatic hydroxyl groups is 1. The van der Waals surface area contributed by atoms with Crippen molar-refractivity contribution in [3.63, 3.8) is 0 Å². The minimum absolute atomic E-state index is 0.105. The van der Waals surface area contributed by atoms with Gasteiger partial charge in [-0.1, -0.05) is 0 Å². The Bertz CT molecular complexity index is 338. The first-order valence-electron chi connectivity index (χ1n) is 6.01. The number of hydrogen-bond acceptors (Lipinski definition) is 5. The molecule has 0 spiro atoms. The average Bonchev–Trinajstić information content (AvgIpc) is 2.11. The Labute approximate surface area is 108 Å². The van der Waals surface area contributed by atoms with Gasteiger partial charge in [0.25, 0.3) is 0 Å². The van der Waals surface area contributed by atoms with Crippen LogP contribution in [0.25, 0.3) is 0 Å². The van der Waals surface area contributed by atoms with Gasteiger partial charge in [-0.3, -0.25) is 4.79 Å². The third kappa shape index (κ3) is 5.06. The van der Waals surface area contributed by atoms with Crippen molar-refractivity contribution < 1.29 is 24.1 Å². The van der Waals surface area contributed by atoms with Gasteiger partial charge >= 0.3 is 5.97 Å². The Morgan fingerprint density at radius 1 is 1.50 bits per heavy atom. The molecule has 0 amide bonds. The molecule has 0 saturated heterocycles. The lowest BCUT2D eigenvalue weighted by atomic mass is 10.1. The molecule has 104 valence electrons. The van der Waals surface area contributed by atoms with Crippen LogP contribution in [0.3, 0.4) is 0 Å². The van der Waals surface area contributed by atoms with Crippen LogP contribution in [-0.4, -0.2) is 35.2 Å². The minimum Gasteiger partial charge on any atom is -0.465 e. The SMILES string of the molecule is CC(C)(C)OC(=O)CC1C=C(CO)OC(C)(C)O1. The maximum Gasteiger partial charge on any atom is 0.309 e. The lowest BCUT2D eigenvalue weighted by molar-refractivity contribution is -0.228. The first-order chi connectivity index (χ1) is 8.11. The lowest BCUT2D eigenvalue weighted by Crippen LogP contribution is -2.39. The van der Waals surface area contributed by atoms with E-state index in [0.717, 1.165) is 0 Å². The Balaban J connectivity index is 2.64. The second-order valence-electron chi connectivity index (χ2n) is 5.74. The summed E-state index contributed by atoms with van der Waals surface area (Å²) < 4.78 is 16.2. The van der Waals surface area contributed by atoms with E-state index < -0.39 is 17.5 Å². The van der Waals surface area contributed by atoms with Crippen molar-refractivity contribution in [2.24, 2.45) is 0 Å². The average molecular weight is 258 g/mol. The molecule has 0 radical (unpaired) electrons. The van der Waals surface area contributed by atoms with E-state index >= 15 is 0 Å². The van der Waals surface area contributed by atoms with Crippen molar-refractivity contribution in [3.8, 4) is 0 Å². The number of carbonyl (C=O) groups excluding carboxylic acids is 1. The van der Waals surface area contributed by atoms with Crippen LogP contribution in [0, 0.1) is 0 Å². The Kier molecular flexibility index (Phi) is 4.40. The van der Waals surface area contributed by atoms with E-state index in [1.165, 1.54) is 0 Å². The fraction of sp³-hybridized carbons (Fsp3) is 0.769. The van der Waals surface area contributed by atoms with E-state index in [-0.39, 0.29) is 19.0 Å². The highest BCUT2D eigenvalue weighted by atomic mass is 16.7. The van der Waals surface area contributed by atoms with Gasteiger partial charge < -0.3 is 19.3 Å². The molecule has 1 atom stereocenters. The number of aliphatic hydroxyl groups excluding tert-OH is 1. The molecule has 0 aromatic rings. The largest absolute Gasteiger partial charge is 0.465 e. The van der Waals surface area contributed by atoms with Crippen LogP contribution in [-0.2, 0) is 19.0 Å². The van der Waals surface area contributed by atoms with Crippen LogP contribution >= 0.6 is 0 Å². The van der Waals surface area contributed by atoms with Crippen LogP contribution < -0.4 is 0 Å². The summed E-state index contributed by atoms with van der Waals surface area (Å²) in [6.45, 7) is 8.70. The van der Waals surface area contributed by atoms with Crippen molar-refractivity contribution in [1.82, 2.24) is 0 Å². The number of esters is 1.